The Morgan fingerprint density at radius 1 is 1.21 bits per heavy atom. The average molecular weight is 477 g/mol. The van der Waals surface area contributed by atoms with Crippen LogP contribution in [0.1, 0.15) is 91.9 Å². The van der Waals surface area contributed by atoms with Crippen molar-refractivity contribution >= 4 is 11.8 Å². The van der Waals surface area contributed by atoms with Gasteiger partial charge in [0, 0.05) is 18.8 Å². The van der Waals surface area contributed by atoms with Crippen molar-refractivity contribution in [3.63, 3.8) is 0 Å². The van der Waals surface area contributed by atoms with Gasteiger partial charge in [-0.05, 0) is 56.4 Å². The third-order valence-electron chi connectivity index (χ3n) is 9.25. The van der Waals surface area contributed by atoms with E-state index < -0.39 is 17.3 Å². The molecule has 4 aliphatic rings. The largest absolute Gasteiger partial charge is 0.459 e. The van der Waals surface area contributed by atoms with E-state index in [1.807, 2.05) is 13.8 Å². The van der Waals surface area contributed by atoms with Crippen LogP contribution >= 0.6 is 0 Å². The lowest BCUT2D eigenvalue weighted by Gasteiger charge is -2.48. The molecule has 0 aromatic heterocycles. The maximum atomic E-state index is 13.1. The van der Waals surface area contributed by atoms with Gasteiger partial charge in [-0.2, -0.15) is 0 Å². The van der Waals surface area contributed by atoms with Gasteiger partial charge in [-0.15, -0.1) is 0 Å². The fourth-order valence-electron chi connectivity index (χ4n) is 7.19. The van der Waals surface area contributed by atoms with E-state index in [0.29, 0.717) is 43.3 Å². The Balaban J connectivity index is 1.63. The highest BCUT2D eigenvalue weighted by atomic mass is 16.6. The first-order valence-corrected chi connectivity index (χ1v) is 13.5. The maximum absolute atomic E-state index is 13.1. The predicted molar refractivity (Wildman–Crippen MR) is 129 cm³/mol. The topological polar surface area (TPSA) is 82.1 Å². The highest BCUT2D eigenvalue weighted by molar-refractivity contribution is 5.95. The molecule has 9 unspecified atom stereocenters. The van der Waals surface area contributed by atoms with E-state index in [1.54, 1.807) is 0 Å². The minimum atomic E-state index is -0.952. The van der Waals surface area contributed by atoms with E-state index in [9.17, 15) is 14.7 Å². The fourth-order valence-corrected chi connectivity index (χ4v) is 7.19. The Morgan fingerprint density at radius 3 is 2.68 bits per heavy atom. The van der Waals surface area contributed by atoms with E-state index in [2.05, 4.69) is 20.4 Å². The zero-order valence-corrected chi connectivity index (χ0v) is 21.5. The van der Waals surface area contributed by atoms with Crippen molar-refractivity contribution in [2.45, 2.75) is 121 Å². The van der Waals surface area contributed by atoms with Crippen LogP contribution in [-0.2, 0) is 23.8 Å². The molecular weight excluding hydrogens is 432 g/mol. The fraction of sp³-hybridized carbons (Fsp3) is 0.857. The van der Waals surface area contributed by atoms with Crippen LogP contribution < -0.4 is 0 Å². The van der Waals surface area contributed by atoms with Crippen molar-refractivity contribution in [2.75, 3.05) is 6.61 Å². The molecule has 3 aliphatic heterocycles. The molecule has 1 N–H and O–H groups in total. The SMILES string of the molecule is C=C1CC2OC3C4C(CCC(C)(O)C24)C(C)COC3(C)C(OC(=O)CCCCCCC)CC1=O. The van der Waals surface area contributed by atoms with E-state index in [0.717, 1.165) is 32.1 Å². The van der Waals surface area contributed by atoms with Crippen LogP contribution in [0.5, 0.6) is 0 Å². The van der Waals surface area contributed by atoms with Gasteiger partial charge in [-0.25, -0.2) is 0 Å². The second-order valence-electron chi connectivity index (χ2n) is 11.8. The molecule has 0 spiro atoms. The van der Waals surface area contributed by atoms with Crippen LogP contribution in [0.15, 0.2) is 12.2 Å². The minimum Gasteiger partial charge on any atom is -0.459 e. The van der Waals surface area contributed by atoms with Gasteiger partial charge in [-0.1, -0.05) is 46.1 Å². The number of rotatable bonds is 7. The van der Waals surface area contributed by atoms with E-state index in [-0.39, 0.29) is 42.2 Å². The summed E-state index contributed by atoms with van der Waals surface area (Å²) in [5, 5.41) is 11.4. The lowest BCUT2D eigenvalue weighted by Crippen LogP contribution is -2.58. The van der Waals surface area contributed by atoms with Gasteiger partial charge in [0.2, 0.25) is 0 Å². The summed E-state index contributed by atoms with van der Waals surface area (Å²) in [6.45, 7) is 12.8. The Labute approximate surface area is 204 Å². The summed E-state index contributed by atoms with van der Waals surface area (Å²) < 4.78 is 19.3. The summed E-state index contributed by atoms with van der Waals surface area (Å²) in [6.07, 6.45) is 6.32. The summed E-state index contributed by atoms with van der Waals surface area (Å²) >= 11 is 0. The van der Waals surface area contributed by atoms with Gasteiger partial charge in [0.1, 0.15) is 11.7 Å². The van der Waals surface area contributed by atoms with Crippen LogP contribution in [0.3, 0.4) is 0 Å². The number of hydrogen-bond acceptors (Lipinski definition) is 6. The molecule has 6 heteroatoms. The molecule has 192 valence electrons. The molecule has 9 atom stereocenters. The summed E-state index contributed by atoms with van der Waals surface area (Å²) in [6, 6.07) is 0. The molecule has 1 aliphatic carbocycles. The highest BCUT2D eigenvalue weighted by Gasteiger charge is 2.66. The summed E-state index contributed by atoms with van der Waals surface area (Å²) in [4.78, 5) is 26.0. The zero-order valence-electron chi connectivity index (χ0n) is 21.5. The van der Waals surface area contributed by atoms with Crippen LogP contribution in [0.2, 0.25) is 0 Å². The number of ether oxygens (including phenoxy) is 3. The predicted octanol–water partition coefficient (Wildman–Crippen LogP) is 4.76. The summed E-state index contributed by atoms with van der Waals surface area (Å²) in [7, 11) is 0. The molecule has 1 saturated carbocycles. The lowest BCUT2D eigenvalue weighted by atomic mass is 9.58. The molecule has 3 saturated heterocycles. The molecule has 2 bridgehead atoms. The number of fused-ring (bicyclic) bond motifs is 2. The Bertz CT molecular complexity index is 790. The number of esters is 1. The Hall–Kier alpha value is -1.24. The van der Waals surface area contributed by atoms with Crippen LogP contribution in [-0.4, -0.2) is 53.0 Å². The number of carbonyl (C=O) groups is 2. The monoisotopic (exact) mass is 476 g/mol. The molecular formula is C28H44O6. The van der Waals surface area contributed by atoms with Gasteiger partial charge < -0.3 is 19.3 Å². The van der Waals surface area contributed by atoms with E-state index >= 15 is 0 Å². The van der Waals surface area contributed by atoms with E-state index in [1.165, 1.54) is 6.42 Å². The van der Waals surface area contributed by atoms with E-state index in [4.69, 9.17) is 14.2 Å². The van der Waals surface area contributed by atoms with Crippen molar-refractivity contribution in [1.29, 1.82) is 0 Å². The molecule has 4 fully saturated rings. The third-order valence-corrected chi connectivity index (χ3v) is 9.25. The van der Waals surface area contributed by atoms with Crippen molar-refractivity contribution in [2.24, 2.45) is 23.7 Å². The number of unbranched alkanes of at least 4 members (excludes halogenated alkanes) is 4. The first kappa shape index (κ1) is 25.8. The molecule has 0 aromatic carbocycles. The molecule has 3 heterocycles. The Morgan fingerprint density at radius 2 is 1.94 bits per heavy atom. The van der Waals surface area contributed by atoms with Gasteiger partial charge >= 0.3 is 5.97 Å². The van der Waals surface area contributed by atoms with Crippen LogP contribution in [0.25, 0.3) is 0 Å². The Kier molecular flexibility index (Phi) is 7.62. The highest BCUT2D eigenvalue weighted by Crippen LogP contribution is 2.58. The first-order chi connectivity index (χ1) is 16.1. The standard InChI is InChI=1S/C28H44O6/c1-6-7-8-9-10-11-23(30)34-22-15-20(29)17(2)14-21-25-24-19(12-13-27(25,4)31)18(3)16-32-28(22,5)26(24)33-21/h18-19,21-22,24-26,31H,2,6-16H2,1,3-5H3. The van der Waals surface area contributed by atoms with Gasteiger partial charge in [-0.3, -0.25) is 9.59 Å². The van der Waals surface area contributed by atoms with Crippen LogP contribution in [0.4, 0.5) is 0 Å². The van der Waals surface area contributed by atoms with Crippen molar-refractivity contribution < 1.29 is 28.9 Å². The second-order valence-corrected chi connectivity index (χ2v) is 11.8. The minimum absolute atomic E-state index is 0.0658. The number of carbonyl (C=O) groups excluding carboxylic acids is 2. The number of ketones is 1. The normalized spacial score (nSPS) is 44.1. The summed E-state index contributed by atoms with van der Waals surface area (Å²) in [5.74, 6) is 0.261. The number of aliphatic hydroxyl groups is 1. The smallest absolute Gasteiger partial charge is 0.306 e. The molecule has 0 amide bonds. The second kappa shape index (κ2) is 10.0. The van der Waals surface area contributed by atoms with Gasteiger partial charge in [0.05, 0.1) is 30.8 Å². The van der Waals surface area contributed by atoms with Crippen molar-refractivity contribution in [3.8, 4) is 0 Å². The first-order valence-electron chi connectivity index (χ1n) is 13.5. The molecule has 0 aromatic rings. The van der Waals surface area contributed by atoms with Crippen LogP contribution in [0, 0.1) is 23.7 Å². The molecule has 6 nitrogen and oxygen atoms in total. The average Bonchev–Trinajstić information content (AvgIpc) is 3.13. The molecule has 0 radical (unpaired) electrons. The van der Waals surface area contributed by atoms with Crippen molar-refractivity contribution in [1.82, 2.24) is 0 Å². The zero-order chi connectivity index (χ0) is 24.7. The summed E-state index contributed by atoms with van der Waals surface area (Å²) in [5.41, 5.74) is -1.34. The van der Waals surface area contributed by atoms with Gasteiger partial charge in [0.15, 0.2) is 5.78 Å². The van der Waals surface area contributed by atoms with Gasteiger partial charge in [0.25, 0.3) is 0 Å². The maximum Gasteiger partial charge on any atom is 0.306 e. The number of hydrogen-bond donors (Lipinski definition) is 1. The molecule has 4 rings (SSSR count). The lowest BCUT2D eigenvalue weighted by molar-refractivity contribution is -0.202. The third kappa shape index (κ3) is 4.75. The number of Topliss-reactive ketones (excluding diaryl/α,β-unsaturated/α-hetero) is 1. The van der Waals surface area contributed by atoms with Crippen molar-refractivity contribution in [3.05, 3.63) is 12.2 Å². The quantitative estimate of drug-likeness (QED) is 0.324. The molecule has 34 heavy (non-hydrogen) atoms.